The van der Waals surface area contributed by atoms with E-state index in [1.165, 1.54) is 16.6 Å². The number of aromatic nitrogens is 4. The highest BCUT2D eigenvalue weighted by Crippen LogP contribution is 2.11. The number of hydrogen-bond donors (Lipinski definition) is 1. The summed E-state index contributed by atoms with van der Waals surface area (Å²) >= 11 is 3.39. The maximum atomic E-state index is 11.7. The molecule has 6 nitrogen and oxygen atoms in total. The summed E-state index contributed by atoms with van der Waals surface area (Å²) in [6.07, 6.45) is 2.20. The van der Waals surface area contributed by atoms with Crippen molar-refractivity contribution in [3.63, 3.8) is 0 Å². The Morgan fingerprint density at radius 3 is 2.79 bits per heavy atom. The first kappa shape index (κ1) is 13.7. The molecule has 1 heterocycles. The number of nitrogens with zero attached hydrogens (tertiary/aromatic N) is 4. The van der Waals surface area contributed by atoms with E-state index < -0.39 is 0 Å². The quantitative estimate of drug-likeness (QED) is 0.896. The molecule has 0 spiro atoms. The molecule has 0 radical (unpaired) electrons. The predicted octanol–water partition coefficient (Wildman–Crippen LogP) is 1.18. The summed E-state index contributed by atoms with van der Waals surface area (Å²) in [7, 11) is 0. The monoisotopic (exact) mass is 323 g/mol. The van der Waals surface area contributed by atoms with Crippen LogP contribution in [-0.2, 0) is 17.8 Å². The summed E-state index contributed by atoms with van der Waals surface area (Å²) in [5, 5.41) is 13.5. The lowest BCUT2D eigenvalue weighted by Gasteiger charge is -2.13. The minimum absolute atomic E-state index is 0.0603. The fourth-order valence-electron chi connectivity index (χ4n) is 1.75. The van der Waals surface area contributed by atoms with Crippen molar-refractivity contribution >= 4 is 21.8 Å². The third-order valence-electron chi connectivity index (χ3n) is 2.56. The summed E-state index contributed by atoms with van der Waals surface area (Å²) < 4.78 is 2.44. The van der Waals surface area contributed by atoms with Crippen LogP contribution in [0.1, 0.15) is 12.5 Å². The summed E-state index contributed by atoms with van der Waals surface area (Å²) in [6, 6.07) is 8.11. The molecule has 1 atom stereocenters. The molecule has 0 unspecified atom stereocenters. The van der Waals surface area contributed by atoms with Crippen LogP contribution < -0.4 is 5.32 Å². The van der Waals surface area contributed by atoms with Crippen molar-refractivity contribution in [3.05, 3.63) is 40.6 Å². The van der Waals surface area contributed by atoms with Gasteiger partial charge in [0.15, 0.2) is 0 Å². The molecule has 0 saturated carbocycles. The van der Waals surface area contributed by atoms with Gasteiger partial charge < -0.3 is 5.32 Å². The minimum Gasteiger partial charge on any atom is -0.352 e. The zero-order valence-electron chi connectivity index (χ0n) is 10.5. The molecule has 1 N–H and O–H groups in total. The second-order valence-electron chi connectivity index (χ2n) is 4.31. The highest BCUT2D eigenvalue weighted by Gasteiger charge is 2.09. The summed E-state index contributed by atoms with van der Waals surface area (Å²) in [6.45, 7) is 2.11. The Bertz CT molecular complexity index is 526. The Balaban J connectivity index is 1.82. The molecule has 1 amide bonds. The van der Waals surface area contributed by atoms with Gasteiger partial charge in [-0.05, 0) is 41.5 Å². The normalized spacial score (nSPS) is 12.1. The summed E-state index contributed by atoms with van der Waals surface area (Å²) in [5.74, 6) is -0.100. The van der Waals surface area contributed by atoms with Crippen LogP contribution in [0.4, 0.5) is 0 Å². The largest absolute Gasteiger partial charge is 0.352 e. The average Bonchev–Trinajstić information content (AvgIpc) is 2.84. The summed E-state index contributed by atoms with van der Waals surface area (Å²) in [4.78, 5) is 11.7. The van der Waals surface area contributed by atoms with Crippen LogP contribution in [0, 0.1) is 0 Å². The van der Waals surface area contributed by atoms with E-state index in [9.17, 15) is 4.79 Å². The standard InChI is InChI=1S/C12H14BrN5O/c1-9(6-10-2-4-11(13)5-3-10)15-12(19)7-18-8-14-16-17-18/h2-5,8-9H,6-7H2,1H3,(H,15,19)/t9-/m0/s1. The van der Waals surface area contributed by atoms with Gasteiger partial charge >= 0.3 is 0 Å². The maximum Gasteiger partial charge on any atom is 0.242 e. The Labute approximate surface area is 119 Å². The van der Waals surface area contributed by atoms with Crippen LogP contribution in [0.2, 0.25) is 0 Å². The van der Waals surface area contributed by atoms with Gasteiger partial charge in [-0.1, -0.05) is 28.1 Å². The molecule has 1 aromatic heterocycles. The number of carbonyl (C=O) groups is 1. The fraction of sp³-hybridized carbons (Fsp3) is 0.333. The number of amides is 1. The zero-order chi connectivity index (χ0) is 13.7. The second-order valence-corrected chi connectivity index (χ2v) is 5.22. The number of hydrogen-bond acceptors (Lipinski definition) is 4. The summed E-state index contributed by atoms with van der Waals surface area (Å²) in [5.41, 5.74) is 1.18. The Hall–Kier alpha value is -1.76. The highest BCUT2D eigenvalue weighted by atomic mass is 79.9. The number of nitrogens with one attached hydrogen (secondary N) is 1. The SMILES string of the molecule is C[C@@H](Cc1ccc(Br)cc1)NC(=O)Cn1cnnn1. The van der Waals surface area contributed by atoms with E-state index in [4.69, 9.17) is 0 Å². The van der Waals surface area contributed by atoms with E-state index in [2.05, 4.69) is 36.8 Å². The van der Waals surface area contributed by atoms with Crippen LogP contribution in [0.15, 0.2) is 35.1 Å². The molecule has 0 aliphatic rings. The first-order valence-electron chi connectivity index (χ1n) is 5.88. The van der Waals surface area contributed by atoms with E-state index in [0.29, 0.717) is 0 Å². The molecule has 1 aromatic carbocycles. The molecule has 100 valence electrons. The highest BCUT2D eigenvalue weighted by molar-refractivity contribution is 9.10. The zero-order valence-corrected chi connectivity index (χ0v) is 12.0. The van der Waals surface area contributed by atoms with Crippen molar-refractivity contribution in [2.75, 3.05) is 0 Å². The van der Waals surface area contributed by atoms with Gasteiger partial charge in [0.25, 0.3) is 0 Å². The average molecular weight is 324 g/mol. The Morgan fingerprint density at radius 2 is 2.16 bits per heavy atom. The van der Waals surface area contributed by atoms with Crippen LogP contribution in [0.3, 0.4) is 0 Å². The number of carbonyl (C=O) groups excluding carboxylic acids is 1. The van der Waals surface area contributed by atoms with Gasteiger partial charge in [0.2, 0.25) is 5.91 Å². The first-order valence-corrected chi connectivity index (χ1v) is 6.67. The van der Waals surface area contributed by atoms with Gasteiger partial charge in [0, 0.05) is 10.5 Å². The molecule has 0 saturated heterocycles. The molecule has 2 aromatic rings. The van der Waals surface area contributed by atoms with Crippen LogP contribution in [0.25, 0.3) is 0 Å². The van der Waals surface area contributed by atoms with E-state index in [0.717, 1.165) is 10.9 Å². The molecule has 2 rings (SSSR count). The lowest BCUT2D eigenvalue weighted by molar-refractivity contribution is -0.122. The molecule has 7 heteroatoms. The lowest BCUT2D eigenvalue weighted by Crippen LogP contribution is -2.36. The molecule has 0 aliphatic carbocycles. The third-order valence-corrected chi connectivity index (χ3v) is 3.09. The number of benzene rings is 1. The minimum atomic E-state index is -0.100. The number of halogens is 1. The smallest absolute Gasteiger partial charge is 0.242 e. The van der Waals surface area contributed by atoms with Gasteiger partial charge in [-0.3, -0.25) is 4.79 Å². The van der Waals surface area contributed by atoms with Gasteiger partial charge in [-0.2, -0.15) is 0 Å². The van der Waals surface area contributed by atoms with Gasteiger partial charge in [0.1, 0.15) is 12.9 Å². The van der Waals surface area contributed by atoms with E-state index in [-0.39, 0.29) is 18.5 Å². The maximum absolute atomic E-state index is 11.7. The van der Waals surface area contributed by atoms with Crippen molar-refractivity contribution in [1.82, 2.24) is 25.5 Å². The molecular formula is C12H14BrN5O. The van der Waals surface area contributed by atoms with E-state index >= 15 is 0 Å². The molecule has 0 fully saturated rings. The Morgan fingerprint density at radius 1 is 1.42 bits per heavy atom. The van der Waals surface area contributed by atoms with Crippen molar-refractivity contribution in [3.8, 4) is 0 Å². The van der Waals surface area contributed by atoms with Crippen LogP contribution in [0.5, 0.6) is 0 Å². The predicted molar refractivity (Wildman–Crippen MR) is 73.3 cm³/mol. The van der Waals surface area contributed by atoms with Crippen molar-refractivity contribution in [2.45, 2.75) is 25.9 Å². The number of tetrazole rings is 1. The first-order chi connectivity index (χ1) is 9.13. The fourth-order valence-corrected chi connectivity index (χ4v) is 2.01. The molecule has 19 heavy (non-hydrogen) atoms. The lowest BCUT2D eigenvalue weighted by atomic mass is 10.1. The third kappa shape index (κ3) is 4.44. The van der Waals surface area contributed by atoms with E-state index in [1.807, 2.05) is 31.2 Å². The molecule has 0 bridgehead atoms. The topological polar surface area (TPSA) is 72.7 Å². The van der Waals surface area contributed by atoms with Crippen LogP contribution >= 0.6 is 15.9 Å². The number of rotatable bonds is 5. The van der Waals surface area contributed by atoms with Gasteiger partial charge in [-0.25, -0.2) is 4.68 Å². The van der Waals surface area contributed by atoms with E-state index in [1.54, 1.807) is 0 Å². The van der Waals surface area contributed by atoms with Gasteiger partial charge in [0.05, 0.1) is 0 Å². The van der Waals surface area contributed by atoms with Crippen molar-refractivity contribution in [1.29, 1.82) is 0 Å². The van der Waals surface area contributed by atoms with Crippen molar-refractivity contribution in [2.24, 2.45) is 0 Å². The second kappa shape index (κ2) is 6.42. The molecular weight excluding hydrogens is 310 g/mol. The van der Waals surface area contributed by atoms with Crippen molar-refractivity contribution < 1.29 is 4.79 Å². The van der Waals surface area contributed by atoms with Gasteiger partial charge in [-0.15, -0.1) is 5.10 Å². The van der Waals surface area contributed by atoms with Crippen LogP contribution in [-0.4, -0.2) is 32.2 Å². The molecule has 0 aliphatic heterocycles. The Kier molecular flexibility index (Phi) is 4.62.